The van der Waals surface area contributed by atoms with E-state index in [0.717, 1.165) is 5.56 Å². The van der Waals surface area contributed by atoms with Crippen molar-refractivity contribution in [3.8, 4) is 0 Å². The third kappa shape index (κ3) is 6.58. The molecule has 0 saturated heterocycles. The maximum absolute atomic E-state index is 13.7. The van der Waals surface area contributed by atoms with Crippen molar-refractivity contribution in [3.63, 3.8) is 0 Å². The molecule has 31 heavy (non-hydrogen) atoms. The van der Waals surface area contributed by atoms with Crippen molar-refractivity contribution >= 4 is 22.6 Å². The first-order valence-electron chi connectivity index (χ1n) is 9.85. The van der Waals surface area contributed by atoms with Crippen molar-refractivity contribution in [1.29, 1.82) is 0 Å². The van der Waals surface area contributed by atoms with Crippen LogP contribution in [0.15, 0.2) is 89.8 Å². The summed E-state index contributed by atoms with van der Waals surface area (Å²) in [5, 5.41) is 5.61. The molecule has 3 rings (SSSR count). The largest absolute Gasteiger partial charge is 0.355 e. The van der Waals surface area contributed by atoms with Gasteiger partial charge in [0.25, 0.3) is 5.91 Å². The normalized spacial score (nSPS) is 12.5. The highest BCUT2D eigenvalue weighted by atomic mass is 32.2. The molecule has 3 aromatic rings. The summed E-state index contributed by atoms with van der Waals surface area (Å²) >= 11 is 0. The predicted octanol–water partition coefficient (Wildman–Crippen LogP) is 3.61. The average Bonchev–Trinajstić information content (AvgIpc) is 2.80. The van der Waals surface area contributed by atoms with Gasteiger partial charge in [-0.3, -0.25) is 13.8 Å². The lowest BCUT2D eigenvalue weighted by Crippen LogP contribution is -2.35. The van der Waals surface area contributed by atoms with Crippen molar-refractivity contribution in [2.24, 2.45) is 0 Å². The summed E-state index contributed by atoms with van der Waals surface area (Å²) in [6.07, 6.45) is 0.0227. The van der Waals surface area contributed by atoms with Crippen LogP contribution in [0.5, 0.6) is 0 Å². The quantitative estimate of drug-likeness (QED) is 0.536. The van der Waals surface area contributed by atoms with E-state index in [2.05, 4.69) is 10.6 Å². The number of rotatable bonds is 9. The molecule has 0 spiro atoms. The van der Waals surface area contributed by atoms with Crippen LogP contribution in [0.2, 0.25) is 0 Å². The van der Waals surface area contributed by atoms with Gasteiger partial charge in [0, 0.05) is 17.9 Å². The van der Waals surface area contributed by atoms with Gasteiger partial charge in [-0.25, -0.2) is 4.39 Å². The smallest absolute Gasteiger partial charge is 0.251 e. The van der Waals surface area contributed by atoms with Gasteiger partial charge in [-0.15, -0.1) is 0 Å². The maximum atomic E-state index is 13.7. The highest BCUT2D eigenvalue weighted by Gasteiger charge is 2.19. The molecular formula is C24H23FN2O3S. The lowest BCUT2D eigenvalue weighted by molar-refractivity contribution is -0.121. The van der Waals surface area contributed by atoms with Crippen LogP contribution in [0.3, 0.4) is 0 Å². The molecule has 0 aliphatic carbocycles. The van der Waals surface area contributed by atoms with Crippen LogP contribution in [-0.2, 0) is 15.6 Å². The second-order valence-electron chi connectivity index (χ2n) is 6.84. The van der Waals surface area contributed by atoms with Gasteiger partial charge >= 0.3 is 0 Å². The molecule has 2 unspecified atom stereocenters. The van der Waals surface area contributed by atoms with Crippen LogP contribution >= 0.6 is 0 Å². The molecule has 2 amide bonds. The van der Waals surface area contributed by atoms with Crippen molar-refractivity contribution in [2.45, 2.75) is 17.4 Å². The second kappa shape index (κ2) is 11.2. The fourth-order valence-corrected chi connectivity index (χ4v) is 4.07. The Morgan fingerprint density at radius 1 is 0.871 bits per heavy atom. The Morgan fingerprint density at radius 2 is 1.48 bits per heavy atom. The van der Waals surface area contributed by atoms with E-state index in [0.29, 0.717) is 5.56 Å². The monoisotopic (exact) mass is 438 g/mol. The topological polar surface area (TPSA) is 75.3 Å². The zero-order chi connectivity index (χ0) is 22.1. The van der Waals surface area contributed by atoms with E-state index < -0.39 is 22.7 Å². The minimum absolute atomic E-state index is 0.0227. The molecule has 0 heterocycles. The lowest BCUT2D eigenvalue weighted by Gasteiger charge is -2.19. The third-order valence-electron chi connectivity index (χ3n) is 4.62. The minimum Gasteiger partial charge on any atom is -0.355 e. The fourth-order valence-electron chi connectivity index (χ4n) is 3.05. The molecule has 0 bridgehead atoms. The minimum atomic E-state index is -1.55. The van der Waals surface area contributed by atoms with Gasteiger partial charge in [-0.05, 0) is 29.8 Å². The first-order chi connectivity index (χ1) is 15.0. The van der Waals surface area contributed by atoms with Gasteiger partial charge in [-0.1, -0.05) is 60.7 Å². The van der Waals surface area contributed by atoms with Crippen LogP contribution in [-0.4, -0.2) is 28.3 Å². The van der Waals surface area contributed by atoms with Crippen molar-refractivity contribution in [2.75, 3.05) is 12.3 Å². The van der Waals surface area contributed by atoms with Gasteiger partial charge < -0.3 is 10.6 Å². The molecular weight excluding hydrogens is 415 g/mol. The van der Waals surface area contributed by atoms with Crippen LogP contribution in [0.1, 0.15) is 28.4 Å². The molecule has 0 saturated carbocycles. The molecule has 7 heteroatoms. The molecule has 2 N–H and O–H groups in total. The third-order valence-corrected chi connectivity index (χ3v) is 6.02. The SMILES string of the molecule is O=C(CC(NC(=O)c1ccccc1)c1ccccc1)NCCS(=O)c1ccccc1F. The van der Waals surface area contributed by atoms with E-state index in [1.807, 2.05) is 36.4 Å². The molecule has 0 aromatic heterocycles. The van der Waals surface area contributed by atoms with Crippen molar-refractivity contribution in [3.05, 3.63) is 102 Å². The van der Waals surface area contributed by atoms with Crippen molar-refractivity contribution < 1.29 is 18.2 Å². The Balaban J connectivity index is 1.59. The number of hydrogen-bond donors (Lipinski definition) is 2. The summed E-state index contributed by atoms with van der Waals surface area (Å²) in [7, 11) is -1.55. The summed E-state index contributed by atoms with van der Waals surface area (Å²) in [5.41, 5.74) is 1.31. The molecule has 0 fully saturated rings. The number of benzene rings is 3. The fraction of sp³-hybridized carbons (Fsp3) is 0.167. The number of carbonyl (C=O) groups excluding carboxylic acids is 2. The Hall–Kier alpha value is -3.32. The first kappa shape index (κ1) is 22.4. The number of halogens is 1. The molecule has 2 atom stereocenters. The molecule has 5 nitrogen and oxygen atoms in total. The summed E-state index contributed by atoms with van der Waals surface area (Å²) in [6, 6.07) is 23.4. The average molecular weight is 439 g/mol. The summed E-state index contributed by atoms with van der Waals surface area (Å²) in [6.45, 7) is 0.133. The van der Waals surface area contributed by atoms with Crippen LogP contribution in [0.25, 0.3) is 0 Å². The summed E-state index contributed by atoms with van der Waals surface area (Å²) < 4.78 is 26.0. The Morgan fingerprint density at radius 3 is 2.16 bits per heavy atom. The maximum Gasteiger partial charge on any atom is 0.251 e. The van der Waals surface area contributed by atoms with Crippen molar-refractivity contribution in [1.82, 2.24) is 10.6 Å². The van der Waals surface area contributed by atoms with Gasteiger partial charge in [0.15, 0.2) is 0 Å². The zero-order valence-corrected chi connectivity index (χ0v) is 17.6. The lowest BCUT2D eigenvalue weighted by atomic mass is 10.0. The number of amides is 2. The van der Waals surface area contributed by atoms with Gasteiger partial charge in [0.2, 0.25) is 5.91 Å². The summed E-state index contributed by atoms with van der Waals surface area (Å²) in [4.78, 5) is 25.2. The van der Waals surface area contributed by atoms with E-state index in [9.17, 15) is 18.2 Å². The summed E-state index contributed by atoms with van der Waals surface area (Å²) in [5.74, 6) is -1.01. The van der Waals surface area contributed by atoms with Crippen LogP contribution < -0.4 is 10.6 Å². The standard InChI is InChI=1S/C24H23FN2O3S/c25-20-13-7-8-14-22(20)31(30)16-15-26-23(28)17-21(18-9-3-1-4-10-18)27-24(29)19-11-5-2-6-12-19/h1-14,21H,15-17H2,(H,26,28)(H,27,29). The Bertz CT molecular complexity index is 1040. The first-order valence-corrected chi connectivity index (χ1v) is 11.2. The Kier molecular flexibility index (Phi) is 8.06. The number of nitrogens with one attached hydrogen (secondary N) is 2. The zero-order valence-electron chi connectivity index (χ0n) is 16.8. The van der Waals surface area contributed by atoms with Gasteiger partial charge in [0.05, 0.1) is 28.2 Å². The molecule has 0 aliphatic rings. The molecule has 3 aromatic carbocycles. The second-order valence-corrected chi connectivity index (χ2v) is 8.38. The van der Waals surface area contributed by atoms with E-state index in [-0.39, 0.29) is 35.4 Å². The highest BCUT2D eigenvalue weighted by Crippen LogP contribution is 2.17. The molecule has 160 valence electrons. The van der Waals surface area contributed by atoms with E-state index >= 15 is 0 Å². The van der Waals surface area contributed by atoms with Gasteiger partial charge in [0.1, 0.15) is 5.82 Å². The molecule has 0 aliphatic heterocycles. The van der Waals surface area contributed by atoms with E-state index in [4.69, 9.17) is 0 Å². The van der Waals surface area contributed by atoms with E-state index in [1.54, 1.807) is 30.3 Å². The highest BCUT2D eigenvalue weighted by molar-refractivity contribution is 7.85. The van der Waals surface area contributed by atoms with E-state index in [1.165, 1.54) is 18.2 Å². The Labute approximate surface area is 183 Å². The number of hydrogen-bond acceptors (Lipinski definition) is 3. The van der Waals surface area contributed by atoms with Crippen LogP contribution in [0.4, 0.5) is 4.39 Å². The predicted molar refractivity (Wildman–Crippen MR) is 118 cm³/mol. The van der Waals surface area contributed by atoms with Crippen LogP contribution in [0, 0.1) is 5.82 Å². The molecule has 0 radical (unpaired) electrons. The van der Waals surface area contributed by atoms with Gasteiger partial charge in [-0.2, -0.15) is 0 Å². The number of carbonyl (C=O) groups is 2.